The molecule has 2 aromatic rings. The van der Waals surface area contributed by atoms with Crippen LogP contribution < -0.4 is 20.1 Å². The van der Waals surface area contributed by atoms with Gasteiger partial charge in [-0.25, -0.2) is 13.4 Å². The van der Waals surface area contributed by atoms with E-state index in [1.807, 2.05) is 25.3 Å². The van der Waals surface area contributed by atoms with Gasteiger partial charge in [-0.05, 0) is 48.9 Å². The Morgan fingerprint density at radius 2 is 1.79 bits per heavy atom. The maximum atomic E-state index is 13.0. The minimum atomic E-state index is -3.75. The molecule has 0 amide bonds. The van der Waals surface area contributed by atoms with Crippen molar-refractivity contribution in [2.24, 2.45) is 4.99 Å². The van der Waals surface area contributed by atoms with Crippen LogP contribution in [0.4, 0.5) is 0 Å². The molecule has 0 saturated carbocycles. The third kappa shape index (κ3) is 6.72. The van der Waals surface area contributed by atoms with Crippen LogP contribution in [0.25, 0.3) is 0 Å². The Bertz CT molecular complexity index is 1210. The van der Waals surface area contributed by atoms with Gasteiger partial charge in [-0.3, -0.25) is 5.32 Å². The van der Waals surface area contributed by atoms with E-state index in [0.717, 1.165) is 5.56 Å². The second kappa shape index (κ2) is 12.1. The van der Waals surface area contributed by atoms with Crippen LogP contribution in [0.15, 0.2) is 93.8 Å². The van der Waals surface area contributed by atoms with Gasteiger partial charge in [0.2, 0.25) is 15.8 Å². The smallest absolute Gasteiger partial charge is 0.209 e. The fourth-order valence-electron chi connectivity index (χ4n) is 2.81. The lowest BCUT2D eigenvalue weighted by atomic mass is 10.2. The standard InChI is InChI=1S/C24H26N4O4S/c1-5-7-19(8-6-2)28-24(27-17-25)26-16-18-9-11-20(12-10-18)33(29,30)21-13-14-22(31-3)23(15-21)32-4/h5-15H,1,16H2,2-4H3,(H2,26,27,28)/b8-6-,19-7+. The molecule has 2 aromatic carbocycles. The van der Waals surface area contributed by atoms with E-state index in [2.05, 4.69) is 22.2 Å². The summed E-state index contributed by atoms with van der Waals surface area (Å²) in [6.45, 7) is 5.75. The predicted octanol–water partition coefficient (Wildman–Crippen LogP) is 3.70. The number of nitriles is 1. The van der Waals surface area contributed by atoms with Gasteiger partial charge >= 0.3 is 0 Å². The number of hydrogen-bond acceptors (Lipinski definition) is 6. The molecule has 0 aliphatic carbocycles. The number of ether oxygens (including phenoxy) is 2. The number of rotatable bonds is 9. The van der Waals surface area contributed by atoms with Crippen LogP contribution >= 0.6 is 0 Å². The highest BCUT2D eigenvalue weighted by Crippen LogP contribution is 2.31. The van der Waals surface area contributed by atoms with Crippen molar-refractivity contribution < 1.29 is 17.9 Å². The molecule has 33 heavy (non-hydrogen) atoms. The number of nitrogens with zero attached hydrogens (tertiary/aromatic N) is 2. The first-order valence-electron chi connectivity index (χ1n) is 9.87. The molecular weight excluding hydrogens is 440 g/mol. The molecule has 0 aliphatic rings. The van der Waals surface area contributed by atoms with Crippen LogP contribution in [0.2, 0.25) is 0 Å². The summed E-state index contributed by atoms with van der Waals surface area (Å²) in [7, 11) is -0.815. The van der Waals surface area contributed by atoms with E-state index in [4.69, 9.17) is 14.7 Å². The lowest BCUT2D eigenvalue weighted by Gasteiger charge is -2.11. The van der Waals surface area contributed by atoms with Gasteiger partial charge in [0.15, 0.2) is 17.7 Å². The number of aliphatic imine (C=N–C) groups is 1. The second-order valence-electron chi connectivity index (χ2n) is 6.55. The topological polar surface area (TPSA) is 113 Å². The molecule has 0 spiro atoms. The Morgan fingerprint density at radius 3 is 2.36 bits per heavy atom. The number of allylic oxidation sites excluding steroid dienone is 4. The van der Waals surface area contributed by atoms with Crippen molar-refractivity contribution in [3.05, 3.63) is 84.6 Å². The second-order valence-corrected chi connectivity index (χ2v) is 8.50. The van der Waals surface area contributed by atoms with Gasteiger partial charge in [0.1, 0.15) is 0 Å². The summed E-state index contributed by atoms with van der Waals surface area (Å²) in [6, 6.07) is 10.8. The summed E-state index contributed by atoms with van der Waals surface area (Å²) in [6.07, 6.45) is 8.84. The average Bonchev–Trinajstić information content (AvgIpc) is 2.82. The van der Waals surface area contributed by atoms with E-state index < -0.39 is 9.84 Å². The molecule has 0 fully saturated rings. The van der Waals surface area contributed by atoms with Crippen molar-refractivity contribution in [2.45, 2.75) is 23.3 Å². The van der Waals surface area contributed by atoms with Gasteiger partial charge < -0.3 is 14.8 Å². The summed E-state index contributed by atoms with van der Waals surface area (Å²) in [5.41, 5.74) is 1.46. The van der Waals surface area contributed by atoms with Crippen molar-refractivity contribution in [2.75, 3.05) is 14.2 Å². The van der Waals surface area contributed by atoms with Crippen molar-refractivity contribution in [1.82, 2.24) is 10.6 Å². The van der Waals surface area contributed by atoms with Gasteiger partial charge in [0, 0.05) is 11.8 Å². The van der Waals surface area contributed by atoms with Gasteiger partial charge in [-0.2, -0.15) is 5.26 Å². The fourth-order valence-corrected chi connectivity index (χ4v) is 4.09. The third-order valence-electron chi connectivity index (χ3n) is 4.40. The lowest BCUT2D eigenvalue weighted by molar-refractivity contribution is 0.354. The van der Waals surface area contributed by atoms with Gasteiger partial charge in [-0.1, -0.05) is 30.9 Å². The first-order valence-corrected chi connectivity index (χ1v) is 11.4. The van der Waals surface area contributed by atoms with Gasteiger partial charge in [0.25, 0.3) is 0 Å². The minimum Gasteiger partial charge on any atom is -0.493 e. The summed E-state index contributed by atoms with van der Waals surface area (Å²) in [5, 5.41) is 14.5. The zero-order chi connectivity index (χ0) is 24.3. The maximum Gasteiger partial charge on any atom is 0.209 e. The Hall–Kier alpha value is -4.03. The molecule has 2 N–H and O–H groups in total. The SMILES string of the molecule is C=C/C=C(\C=C/C)NC(=NCc1ccc(S(=O)(=O)c2ccc(OC)c(OC)c2)cc1)NC#N. The molecule has 8 nitrogen and oxygen atoms in total. The number of hydrogen-bond donors (Lipinski definition) is 2. The average molecular weight is 467 g/mol. The van der Waals surface area contributed by atoms with E-state index in [-0.39, 0.29) is 22.3 Å². The fraction of sp³-hybridized carbons (Fsp3) is 0.167. The Labute approximate surface area is 194 Å². The molecule has 0 heterocycles. The molecule has 9 heteroatoms. The van der Waals surface area contributed by atoms with E-state index in [0.29, 0.717) is 17.2 Å². The quantitative estimate of drug-likeness (QED) is 0.190. The zero-order valence-electron chi connectivity index (χ0n) is 18.7. The van der Waals surface area contributed by atoms with Crippen LogP contribution in [-0.2, 0) is 16.4 Å². The monoisotopic (exact) mass is 466 g/mol. The number of methoxy groups -OCH3 is 2. The Kier molecular flexibility index (Phi) is 9.27. The van der Waals surface area contributed by atoms with Crippen molar-refractivity contribution in [3.63, 3.8) is 0 Å². The number of sulfone groups is 1. The minimum absolute atomic E-state index is 0.0983. The van der Waals surface area contributed by atoms with Crippen LogP contribution in [-0.4, -0.2) is 28.6 Å². The molecule has 0 aliphatic heterocycles. The van der Waals surface area contributed by atoms with Crippen molar-refractivity contribution in [3.8, 4) is 17.7 Å². The van der Waals surface area contributed by atoms with E-state index in [1.54, 1.807) is 30.4 Å². The number of nitrogens with one attached hydrogen (secondary N) is 2. The molecule has 0 unspecified atom stereocenters. The zero-order valence-corrected chi connectivity index (χ0v) is 19.5. The summed E-state index contributed by atoms with van der Waals surface area (Å²) >= 11 is 0. The van der Waals surface area contributed by atoms with E-state index in [9.17, 15) is 8.42 Å². The highest BCUT2D eigenvalue weighted by molar-refractivity contribution is 7.91. The number of guanidine groups is 1. The predicted molar refractivity (Wildman–Crippen MR) is 128 cm³/mol. The highest BCUT2D eigenvalue weighted by Gasteiger charge is 2.19. The molecular formula is C24H26N4O4S. The van der Waals surface area contributed by atoms with Gasteiger partial charge in [0.05, 0.1) is 30.6 Å². The first kappa shape index (κ1) is 25.2. The van der Waals surface area contributed by atoms with E-state index in [1.165, 1.54) is 38.5 Å². The Balaban J connectivity index is 2.24. The maximum absolute atomic E-state index is 13.0. The molecule has 0 radical (unpaired) electrons. The highest BCUT2D eigenvalue weighted by atomic mass is 32.2. The summed E-state index contributed by atoms with van der Waals surface area (Å²) in [4.78, 5) is 4.60. The van der Waals surface area contributed by atoms with Crippen LogP contribution in [0.3, 0.4) is 0 Å². The van der Waals surface area contributed by atoms with Crippen LogP contribution in [0.5, 0.6) is 11.5 Å². The number of benzene rings is 2. The normalized spacial score (nSPS) is 12.2. The summed E-state index contributed by atoms with van der Waals surface area (Å²) in [5.74, 6) is 1.03. The largest absolute Gasteiger partial charge is 0.493 e. The summed E-state index contributed by atoms with van der Waals surface area (Å²) < 4.78 is 36.4. The molecule has 0 aromatic heterocycles. The molecule has 2 rings (SSSR count). The van der Waals surface area contributed by atoms with E-state index >= 15 is 0 Å². The third-order valence-corrected chi connectivity index (χ3v) is 6.17. The molecule has 0 saturated heterocycles. The first-order chi connectivity index (χ1) is 15.9. The molecule has 172 valence electrons. The lowest BCUT2D eigenvalue weighted by Crippen LogP contribution is -2.33. The van der Waals surface area contributed by atoms with Gasteiger partial charge in [-0.15, -0.1) is 0 Å². The van der Waals surface area contributed by atoms with Crippen molar-refractivity contribution in [1.29, 1.82) is 5.26 Å². The molecule has 0 bridgehead atoms. The van der Waals surface area contributed by atoms with Crippen molar-refractivity contribution >= 4 is 15.8 Å². The van der Waals surface area contributed by atoms with Crippen LogP contribution in [0.1, 0.15) is 12.5 Å². The Morgan fingerprint density at radius 1 is 1.12 bits per heavy atom. The van der Waals surface area contributed by atoms with Crippen LogP contribution in [0, 0.1) is 11.5 Å². The molecule has 0 atom stereocenters.